The predicted octanol–water partition coefficient (Wildman–Crippen LogP) is 0.195. The Labute approximate surface area is 153 Å². The molecule has 2 fully saturated rings. The second kappa shape index (κ2) is 7.13. The number of nitrogens with zero attached hydrogens (tertiary/aromatic N) is 2. The number of hydrogen-bond acceptors (Lipinski definition) is 6. The topological polar surface area (TPSA) is 109 Å². The van der Waals surface area contributed by atoms with Gasteiger partial charge in [-0.15, -0.1) is 0 Å². The Balaban J connectivity index is 1.59. The maximum Gasteiger partial charge on any atom is 0.317 e. The van der Waals surface area contributed by atoms with E-state index in [0.29, 0.717) is 31.6 Å². The number of carbonyl (C=O) groups is 1. The van der Waals surface area contributed by atoms with E-state index in [9.17, 15) is 18.3 Å². The smallest absolute Gasteiger partial charge is 0.317 e. The van der Waals surface area contributed by atoms with Crippen molar-refractivity contribution in [1.82, 2.24) is 15.2 Å². The molecule has 2 amide bonds. The first-order valence-corrected chi connectivity index (χ1v) is 10.5. The quantitative estimate of drug-likeness (QED) is 0.772. The first-order valence-electron chi connectivity index (χ1n) is 8.67. The maximum absolute atomic E-state index is 12.5. The lowest BCUT2D eigenvalue weighted by Crippen LogP contribution is -2.53. The van der Waals surface area contributed by atoms with E-state index in [-0.39, 0.29) is 17.5 Å². The van der Waals surface area contributed by atoms with Gasteiger partial charge in [0.05, 0.1) is 29.3 Å². The summed E-state index contributed by atoms with van der Waals surface area (Å²) in [5.41, 5.74) is 0.592. The van der Waals surface area contributed by atoms with Crippen LogP contribution in [0.15, 0.2) is 18.3 Å². The summed E-state index contributed by atoms with van der Waals surface area (Å²) in [6.45, 7) is 2.67. The minimum absolute atomic E-state index is 0.0761. The molecule has 0 aliphatic carbocycles. The molecule has 0 bridgehead atoms. The Hall–Kier alpha value is -1.71. The van der Waals surface area contributed by atoms with Crippen molar-refractivity contribution in [2.24, 2.45) is 0 Å². The number of amides is 2. The summed E-state index contributed by atoms with van der Waals surface area (Å²) in [4.78, 5) is 18.4. The van der Waals surface area contributed by atoms with Gasteiger partial charge in [-0.2, -0.15) is 0 Å². The number of likely N-dealkylation sites (tertiary alicyclic amines) is 1. The van der Waals surface area contributed by atoms with Crippen molar-refractivity contribution >= 4 is 15.9 Å². The first kappa shape index (κ1) is 19.1. The molecule has 0 aromatic carbocycles. The van der Waals surface area contributed by atoms with Gasteiger partial charge in [0.2, 0.25) is 0 Å². The van der Waals surface area contributed by atoms with Crippen LogP contribution in [-0.2, 0) is 20.2 Å². The third-order valence-corrected chi connectivity index (χ3v) is 6.88. The number of ether oxygens (including phenoxy) is 1. The number of aliphatic hydroxyl groups is 1. The lowest BCUT2D eigenvalue weighted by atomic mass is 9.87. The van der Waals surface area contributed by atoms with Crippen LogP contribution >= 0.6 is 0 Å². The molecule has 3 heterocycles. The van der Waals surface area contributed by atoms with Crippen molar-refractivity contribution in [2.75, 3.05) is 31.7 Å². The van der Waals surface area contributed by atoms with Gasteiger partial charge in [-0.05, 0) is 31.4 Å². The van der Waals surface area contributed by atoms with Crippen molar-refractivity contribution in [3.63, 3.8) is 0 Å². The normalized spacial score (nSPS) is 27.3. The molecule has 2 N–H and O–H groups in total. The third kappa shape index (κ3) is 3.99. The van der Waals surface area contributed by atoms with Crippen molar-refractivity contribution in [3.8, 4) is 0 Å². The molecule has 1 aromatic rings. The highest BCUT2D eigenvalue weighted by molar-refractivity contribution is 7.91. The zero-order valence-electron chi connectivity index (χ0n) is 15.0. The number of sulfone groups is 1. The monoisotopic (exact) mass is 383 g/mol. The van der Waals surface area contributed by atoms with Crippen LogP contribution in [0.2, 0.25) is 0 Å². The molecule has 0 unspecified atom stereocenters. The number of aromatic nitrogens is 1. The predicted molar refractivity (Wildman–Crippen MR) is 95.4 cm³/mol. The van der Waals surface area contributed by atoms with Crippen LogP contribution < -0.4 is 5.32 Å². The second-order valence-corrected chi connectivity index (χ2v) is 9.30. The molecule has 8 nitrogen and oxygen atoms in total. The average Bonchev–Trinajstić information content (AvgIpc) is 2.89. The molecule has 2 aliphatic heterocycles. The summed E-state index contributed by atoms with van der Waals surface area (Å²) in [6, 6.07) is 2.85. The number of urea groups is 1. The number of methoxy groups -OCH3 is 1. The number of hydrogen-bond donors (Lipinski definition) is 2. The van der Waals surface area contributed by atoms with Crippen LogP contribution in [0.3, 0.4) is 0 Å². The lowest BCUT2D eigenvalue weighted by molar-refractivity contribution is -0.0209. The molecule has 0 saturated carbocycles. The number of pyridine rings is 1. The Morgan fingerprint density at radius 1 is 1.35 bits per heavy atom. The van der Waals surface area contributed by atoms with E-state index in [0.717, 1.165) is 5.56 Å². The molecular weight excluding hydrogens is 358 g/mol. The molecule has 2 aliphatic rings. The summed E-state index contributed by atoms with van der Waals surface area (Å²) in [5.74, 6) is -0.185. The minimum Gasteiger partial charge on any atom is -0.383 e. The number of aryl methyl sites for hydroxylation is 1. The van der Waals surface area contributed by atoms with Gasteiger partial charge in [-0.3, -0.25) is 4.98 Å². The molecule has 26 heavy (non-hydrogen) atoms. The Morgan fingerprint density at radius 3 is 2.62 bits per heavy atom. The van der Waals surface area contributed by atoms with Crippen LogP contribution in [0.1, 0.15) is 24.1 Å². The molecule has 0 radical (unpaired) electrons. The molecule has 9 heteroatoms. The zero-order valence-corrected chi connectivity index (χ0v) is 15.8. The molecule has 0 spiro atoms. The van der Waals surface area contributed by atoms with E-state index < -0.39 is 27.6 Å². The van der Waals surface area contributed by atoms with Gasteiger partial charge in [0, 0.05) is 26.4 Å². The second-order valence-electron chi connectivity index (χ2n) is 7.15. The van der Waals surface area contributed by atoms with E-state index in [1.54, 1.807) is 11.1 Å². The Bertz CT molecular complexity index is 757. The third-order valence-electron chi connectivity index (χ3n) is 5.18. The molecular formula is C17H25N3O5S. The number of carbonyl (C=O) groups excluding carboxylic acids is 1. The van der Waals surface area contributed by atoms with Crippen LogP contribution in [0.5, 0.6) is 0 Å². The van der Waals surface area contributed by atoms with Crippen molar-refractivity contribution in [1.29, 1.82) is 0 Å². The van der Waals surface area contributed by atoms with E-state index in [2.05, 4.69) is 10.3 Å². The van der Waals surface area contributed by atoms with Crippen LogP contribution in [-0.4, -0.2) is 73.3 Å². The minimum atomic E-state index is -3.20. The number of nitrogens with one attached hydrogen (secondary N) is 1. The van der Waals surface area contributed by atoms with Gasteiger partial charge in [0.25, 0.3) is 0 Å². The van der Waals surface area contributed by atoms with Crippen LogP contribution in [0, 0.1) is 6.92 Å². The van der Waals surface area contributed by atoms with Gasteiger partial charge in [0.15, 0.2) is 9.84 Å². The van der Waals surface area contributed by atoms with Crippen molar-refractivity contribution < 1.29 is 23.1 Å². The molecule has 144 valence electrons. The number of piperidine rings is 1. The van der Waals surface area contributed by atoms with Crippen molar-refractivity contribution in [2.45, 2.75) is 37.5 Å². The van der Waals surface area contributed by atoms with Gasteiger partial charge < -0.3 is 20.1 Å². The summed E-state index contributed by atoms with van der Waals surface area (Å²) >= 11 is 0. The SMILES string of the molecule is CO[C@@H]1CS(=O)(=O)C[C@H]1NC(=O)N1CCC(O)(c2ccc(C)cn2)CC1. The average molecular weight is 383 g/mol. The fourth-order valence-electron chi connectivity index (χ4n) is 3.51. The zero-order chi connectivity index (χ0) is 18.9. The van der Waals surface area contributed by atoms with E-state index in [1.165, 1.54) is 7.11 Å². The Kier molecular flexibility index (Phi) is 5.23. The highest BCUT2D eigenvalue weighted by Gasteiger charge is 2.41. The Morgan fingerprint density at radius 2 is 2.04 bits per heavy atom. The summed E-state index contributed by atoms with van der Waals surface area (Å²) in [6.07, 6.45) is 1.96. The van der Waals surface area contributed by atoms with E-state index >= 15 is 0 Å². The molecule has 1 aromatic heterocycles. The summed E-state index contributed by atoms with van der Waals surface area (Å²) in [7, 11) is -1.75. The van der Waals surface area contributed by atoms with Gasteiger partial charge in [-0.25, -0.2) is 13.2 Å². The van der Waals surface area contributed by atoms with Gasteiger partial charge in [0.1, 0.15) is 5.60 Å². The van der Waals surface area contributed by atoms with E-state index in [1.807, 2.05) is 19.1 Å². The highest BCUT2D eigenvalue weighted by Crippen LogP contribution is 2.31. The standard InChI is InChI=1S/C17H25N3O5S/c1-12-3-4-15(18-9-12)17(22)5-7-20(8-6-17)16(21)19-13-10-26(23,24)11-14(13)25-2/h3-4,9,13-14,22H,5-8,10-11H2,1-2H3,(H,19,21)/t13-,14-/m1/s1. The van der Waals surface area contributed by atoms with Crippen LogP contribution in [0.4, 0.5) is 4.79 Å². The van der Waals surface area contributed by atoms with Crippen molar-refractivity contribution in [3.05, 3.63) is 29.6 Å². The first-order chi connectivity index (χ1) is 12.2. The molecule has 3 rings (SSSR count). The maximum atomic E-state index is 12.5. The fourth-order valence-corrected chi connectivity index (χ4v) is 5.36. The highest BCUT2D eigenvalue weighted by atomic mass is 32.2. The summed E-state index contributed by atoms with van der Waals surface area (Å²) in [5, 5.41) is 13.6. The fraction of sp³-hybridized carbons (Fsp3) is 0.647. The van der Waals surface area contributed by atoms with Crippen LogP contribution in [0.25, 0.3) is 0 Å². The van der Waals surface area contributed by atoms with E-state index in [4.69, 9.17) is 4.74 Å². The molecule has 2 saturated heterocycles. The molecule has 2 atom stereocenters. The van der Waals surface area contributed by atoms with Gasteiger partial charge in [-0.1, -0.05) is 6.07 Å². The van der Waals surface area contributed by atoms with Gasteiger partial charge >= 0.3 is 6.03 Å². The largest absolute Gasteiger partial charge is 0.383 e. The lowest BCUT2D eigenvalue weighted by Gasteiger charge is -2.38. The number of rotatable bonds is 3. The summed E-state index contributed by atoms with van der Waals surface area (Å²) < 4.78 is 28.7.